The first-order valence-electron chi connectivity index (χ1n) is 10.3. The molecule has 0 radical (unpaired) electrons. The Bertz CT molecular complexity index is 1180. The monoisotopic (exact) mass is 433 g/mol. The first-order valence-corrected chi connectivity index (χ1v) is 11.1. The van der Waals surface area contributed by atoms with Gasteiger partial charge in [0.05, 0.1) is 5.69 Å². The van der Waals surface area contributed by atoms with E-state index in [4.69, 9.17) is 11.6 Å². The number of fused-ring (bicyclic) bond motifs is 1. The molecule has 2 aromatic carbocycles. The third-order valence-electron chi connectivity index (χ3n) is 5.26. The van der Waals surface area contributed by atoms with Gasteiger partial charge in [-0.15, -0.1) is 11.3 Å². The predicted octanol–water partition coefficient (Wildman–Crippen LogP) is 5.12. The molecule has 0 unspecified atom stereocenters. The molecule has 2 aromatic heterocycles. The molecule has 8 heteroatoms. The number of aromatic nitrogens is 2. The molecule has 0 aliphatic rings. The zero-order valence-electron chi connectivity index (χ0n) is 17.9. The van der Waals surface area contributed by atoms with Gasteiger partial charge in [0.2, 0.25) is 5.95 Å². The van der Waals surface area contributed by atoms with Crippen molar-refractivity contribution in [2.45, 2.75) is 20.8 Å². The molecule has 0 spiro atoms. The van der Waals surface area contributed by atoms with Crippen LogP contribution in [0.5, 0.6) is 0 Å². The standard InChI is InChI=1S/C23H27N7S/c1-4-30(5-2)21-13-20(27-23(24)28-21)26-16-10-14(3)22(29-25)17(12-16)19-11-15-8-6-7-9-18(15)31-19/h6-13,29H,4-5,25H2,1-3H3,(H3,24,26,27,28). The Balaban J connectivity index is 1.75. The highest BCUT2D eigenvalue weighted by Crippen LogP contribution is 2.40. The van der Waals surface area contributed by atoms with Crippen molar-refractivity contribution in [1.82, 2.24) is 9.97 Å². The van der Waals surface area contributed by atoms with Crippen LogP contribution in [0, 0.1) is 6.92 Å². The molecular weight excluding hydrogens is 406 g/mol. The van der Waals surface area contributed by atoms with Crippen LogP contribution in [0.1, 0.15) is 19.4 Å². The van der Waals surface area contributed by atoms with E-state index in [1.807, 2.05) is 19.1 Å². The molecule has 7 nitrogen and oxygen atoms in total. The largest absolute Gasteiger partial charge is 0.368 e. The van der Waals surface area contributed by atoms with Gasteiger partial charge in [-0.25, -0.2) is 0 Å². The van der Waals surface area contributed by atoms with Crippen molar-refractivity contribution in [2.75, 3.05) is 34.5 Å². The third-order valence-corrected chi connectivity index (χ3v) is 6.41. The van der Waals surface area contributed by atoms with Gasteiger partial charge in [0.15, 0.2) is 0 Å². The second-order valence-electron chi connectivity index (χ2n) is 7.28. The number of anilines is 5. The Labute approximate surface area is 186 Å². The summed E-state index contributed by atoms with van der Waals surface area (Å²) in [6.07, 6.45) is 0. The predicted molar refractivity (Wildman–Crippen MR) is 133 cm³/mol. The van der Waals surface area contributed by atoms with Crippen LogP contribution in [-0.4, -0.2) is 23.1 Å². The number of benzene rings is 2. The Kier molecular flexibility index (Phi) is 5.92. The average Bonchev–Trinajstić information content (AvgIpc) is 3.18. The van der Waals surface area contributed by atoms with Crippen LogP contribution in [0.2, 0.25) is 0 Å². The van der Waals surface area contributed by atoms with Crippen LogP contribution >= 0.6 is 11.3 Å². The van der Waals surface area contributed by atoms with E-state index in [1.54, 1.807) is 11.3 Å². The lowest BCUT2D eigenvalue weighted by molar-refractivity contribution is 0.844. The molecule has 0 bridgehead atoms. The Morgan fingerprint density at radius 1 is 1.03 bits per heavy atom. The third kappa shape index (κ3) is 4.26. The van der Waals surface area contributed by atoms with E-state index in [0.29, 0.717) is 5.82 Å². The first kappa shape index (κ1) is 20.9. The number of aryl methyl sites for hydroxylation is 1. The summed E-state index contributed by atoms with van der Waals surface area (Å²) in [4.78, 5) is 12.0. The zero-order chi connectivity index (χ0) is 22.0. The van der Waals surface area contributed by atoms with Gasteiger partial charge in [0, 0.05) is 40.0 Å². The fourth-order valence-electron chi connectivity index (χ4n) is 3.73. The minimum absolute atomic E-state index is 0.244. The molecule has 0 fully saturated rings. The maximum absolute atomic E-state index is 5.99. The van der Waals surface area contributed by atoms with Gasteiger partial charge in [-0.3, -0.25) is 5.84 Å². The van der Waals surface area contributed by atoms with Crippen molar-refractivity contribution < 1.29 is 0 Å². The van der Waals surface area contributed by atoms with E-state index < -0.39 is 0 Å². The minimum atomic E-state index is 0.244. The lowest BCUT2D eigenvalue weighted by atomic mass is 10.0. The molecule has 160 valence electrons. The smallest absolute Gasteiger partial charge is 0.223 e. The number of thiophene rings is 1. The van der Waals surface area contributed by atoms with Crippen molar-refractivity contribution in [3.8, 4) is 10.4 Å². The number of hydrogen-bond acceptors (Lipinski definition) is 8. The van der Waals surface area contributed by atoms with E-state index in [1.165, 1.54) is 10.1 Å². The SMILES string of the molecule is CCN(CC)c1cc(Nc2cc(C)c(NN)c(-c3cc4ccccc4s3)c2)nc(N)n1. The fraction of sp³-hybridized carbons (Fsp3) is 0.217. The fourth-order valence-corrected chi connectivity index (χ4v) is 4.82. The summed E-state index contributed by atoms with van der Waals surface area (Å²) in [6.45, 7) is 7.91. The van der Waals surface area contributed by atoms with E-state index in [0.717, 1.165) is 46.3 Å². The summed E-state index contributed by atoms with van der Waals surface area (Å²) in [6, 6.07) is 16.6. The molecule has 0 aliphatic heterocycles. The van der Waals surface area contributed by atoms with Gasteiger partial charge in [0.25, 0.3) is 0 Å². The Morgan fingerprint density at radius 3 is 2.52 bits per heavy atom. The Hall–Kier alpha value is -3.36. The second kappa shape index (κ2) is 8.79. The van der Waals surface area contributed by atoms with Crippen molar-refractivity contribution in [3.63, 3.8) is 0 Å². The molecule has 0 atom stereocenters. The first-order chi connectivity index (χ1) is 15.0. The quantitative estimate of drug-likeness (QED) is 0.237. The summed E-state index contributed by atoms with van der Waals surface area (Å²) >= 11 is 1.74. The summed E-state index contributed by atoms with van der Waals surface area (Å²) in [5.41, 5.74) is 12.7. The highest BCUT2D eigenvalue weighted by Gasteiger charge is 2.14. The van der Waals surface area contributed by atoms with Crippen molar-refractivity contribution in [1.29, 1.82) is 0 Å². The minimum Gasteiger partial charge on any atom is -0.368 e. The zero-order valence-corrected chi connectivity index (χ0v) is 18.8. The van der Waals surface area contributed by atoms with Crippen LogP contribution in [0.15, 0.2) is 48.5 Å². The number of nitrogens with two attached hydrogens (primary N) is 2. The number of hydrogen-bond donors (Lipinski definition) is 4. The second-order valence-corrected chi connectivity index (χ2v) is 8.36. The van der Waals surface area contributed by atoms with Crippen molar-refractivity contribution in [3.05, 3.63) is 54.1 Å². The molecule has 0 saturated heterocycles. The maximum atomic E-state index is 5.99. The number of hydrazine groups is 1. The highest BCUT2D eigenvalue weighted by molar-refractivity contribution is 7.22. The van der Waals surface area contributed by atoms with Crippen LogP contribution in [-0.2, 0) is 0 Å². The maximum Gasteiger partial charge on any atom is 0.223 e. The van der Waals surface area contributed by atoms with Crippen LogP contribution in [0.25, 0.3) is 20.5 Å². The molecule has 2 heterocycles. The van der Waals surface area contributed by atoms with E-state index >= 15 is 0 Å². The number of nitrogens with zero attached hydrogens (tertiary/aromatic N) is 3. The van der Waals surface area contributed by atoms with Gasteiger partial charge in [-0.05, 0) is 56.0 Å². The summed E-state index contributed by atoms with van der Waals surface area (Å²) < 4.78 is 1.24. The average molecular weight is 434 g/mol. The van der Waals surface area contributed by atoms with Gasteiger partial charge >= 0.3 is 0 Å². The van der Waals surface area contributed by atoms with Gasteiger partial charge in [0.1, 0.15) is 11.6 Å². The van der Waals surface area contributed by atoms with Crippen molar-refractivity contribution >= 4 is 50.4 Å². The normalized spacial score (nSPS) is 11.0. The highest BCUT2D eigenvalue weighted by atomic mass is 32.1. The molecule has 4 aromatic rings. The van der Waals surface area contributed by atoms with Gasteiger partial charge < -0.3 is 21.4 Å². The van der Waals surface area contributed by atoms with E-state index in [2.05, 4.69) is 75.9 Å². The number of rotatable bonds is 7. The summed E-state index contributed by atoms with van der Waals surface area (Å²) in [5.74, 6) is 7.59. The molecule has 4 rings (SSSR count). The molecule has 6 N–H and O–H groups in total. The molecule has 0 saturated carbocycles. The lowest BCUT2D eigenvalue weighted by Gasteiger charge is -2.21. The molecular formula is C23H27N7S. The molecule has 0 amide bonds. The summed E-state index contributed by atoms with van der Waals surface area (Å²) in [7, 11) is 0. The van der Waals surface area contributed by atoms with Crippen LogP contribution < -0.4 is 27.2 Å². The lowest BCUT2D eigenvalue weighted by Crippen LogP contribution is -2.23. The Morgan fingerprint density at radius 2 is 1.81 bits per heavy atom. The van der Waals surface area contributed by atoms with Gasteiger partial charge in [-0.1, -0.05) is 18.2 Å². The van der Waals surface area contributed by atoms with E-state index in [-0.39, 0.29) is 5.95 Å². The van der Waals surface area contributed by atoms with Crippen LogP contribution in [0.3, 0.4) is 0 Å². The van der Waals surface area contributed by atoms with E-state index in [9.17, 15) is 0 Å². The van der Waals surface area contributed by atoms with Gasteiger partial charge in [-0.2, -0.15) is 9.97 Å². The van der Waals surface area contributed by atoms with Crippen LogP contribution in [0.4, 0.5) is 29.0 Å². The molecule has 31 heavy (non-hydrogen) atoms. The number of nitrogen functional groups attached to an aromatic ring is 2. The van der Waals surface area contributed by atoms with Crippen molar-refractivity contribution in [2.24, 2.45) is 5.84 Å². The topological polar surface area (TPSA) is 105 Å². The summed E-state index contributed by atoms with van der Waals surface area (Å²) in [5, 5.41) is 4.62. The number of nitrogens with one attached hydrogen (secondary N) is 2. The molecule has 0 aliphatic carbocycles.